The number of halogens is 1. The first-order valence-corrected chi connectivity index (χ1v) is 13.8. The van der Waals surface area contributed by atoms with Crippen LogP contribution in [0.5, 0.6) is 0 Å². The number of thiophene rings is 1. The molecular weight excluding hydrogens is 517 g/mol. The summed E-state index contributed by atoms with van der Waals surface area (Å²) >= 11 is 1.51. The van der Waals surface area contributed by atoms with Crippen LogP contribution in [0.1, 0.15) is 22.9 Å². The Labute approximate surface area is 220 Å². The van der Waals surface area contributed by atoms with Crippen molar-refractivity contribution in [3.8, 4) is 0 Å². The lowest BCUT2D eigenvalue weighted by molar-refractivity contribution is -0.132. The third-order valence-electron chi connectivity index (χ3n) is 5.61. The van der Waals surface area contributed by atoms with Gasteiger partial charge in [-0.25, -0.2) is 12.8 Å². The zero-order valence-electron chi connectivity index (χ0n) is 20.9. The first-order valence-electron chi connectivity index (χ1n) is 11.5. The fourth-order valence-corrected chi connectivity index (χ4v) is 5.87. The summed E-state index contributed by atoms with van der Waals surface area (Å²) in [6, 6.07) is 13.6. The van der Waals surface area contributed by atoms with Crippen LogP contribution in [0.2, 0.25) is 0 Å². The first-order chi connectivity index (χ1) is 17.6. The van der Waals surface area contributed by atoms with Crippen LogP contribution in [0, 0.1) is 12.7 Å². The maximum absolute atomic E-state index is 13.5. The van der Waals surface area contributed by atoms with Crippen molar-refractivity contribution in [3.05, 3.63) is 81.8 Å². The Morgan fingerprint density at radius 3 is 2.27 bits per heavy atom. The van der Waals surface area contributed by atoms with E-state index in [0.29, 0.717) is 12.2 Å². The number of nitrogens with zero attached hydrogens (tertiary/aromatic N) is 2. The van der Waals surface area contributed by atoms with E-state index in [1.165, 1.54) is 61.8 Å². The largest absolute Gasteiger partial charge is 0.383 e. The summed E-state index contributed by atoms with van der Waals surface area (Å²) in [6.07, 6.45) is 0. The summed E-state index contributed by atoms with van der Waals surface area (Å²) in [4.78, 5) is 27.4. The second kappa shape index (κ2) is 12.9. The number of aryl methyl sites for hydroxylation is 1. The quantitative estimate of drug-likeness (QED) is 0.370. The van der Waals surface area contributed by atoms with Gasteiger partial charge in [0.25, 0.3) is 0 Å². The van der Waals surface area contributed by atoms with Crippen LogP contribution >= 0.6 is 11.3 Å². The lowest BCUT2D eigenvalue weighted by atomic mass is 10.2. The molecule has 1 aromatic heterocycles. The fraction of sp³-hybridized carbons (Fsp3) is 0.308. The number of anilines is 1. The van der Waals surface area contributed by atoms with Gasteiger partial charge in [0.05, 0.1) is 24.6 Å². The molecule has 198 valence electrons. The number of carbonyl (C=O) groups is 2. The maximum atomic E-state index is 13.5. The molecule has 0 aliphatic carbocycles. The normalized spacial score (nSPS) is 11.5. The van der Waals surface area contributed by atoms with Crippen molar-refractivity contribution in [1.82, 2.24) is 9.21 Å². The Kier molecular flexibility index (Phi) is 9.93. The van der Waals surface area contributed by atoms with Crippen molar-refractivity contribution in [1.29, 1.82) is 0 Å². The van der Waals surface area contributed by atoms with Crippen LogP contribution in [-0.2, 0) is 37.4 Å². The van der Waals surface area contributed by atoms with Gasteiger partial charge in [-0.3, -0.25) is 9.59 Å². The molecular formula is C26H30FN3O5S2. The fourth-order valence-electron chi connectivity index (χ4n) is 3.57. The Morgan fingerprint density at radius 2 is 1.70 bits per heavy atom. The van der Waals surface area contributed by atoms with Crippen LogP contribution in [-0.4, -0.2) is 56.2 Å². The van der Waals surface area contributed by atoms with E-state index in [4.69, 9.17) is 4.74 Å². The Bertz CT molecular complexity index is 1310. The van der Waals surface area contributed by atoms with Crippen LogP contribution in [0.3, 0.4) is 0 Å². The van der Waals surface area contributed by atoms with Gasteiger partial charge in [-0.1, -0.05) is 12.1 Å². The Morgan fingerprint density at radius 1 is 1.03 bits per heavy atom. The molecule has 0 radical (unpaired) electrons. The molecule has 0 fully saturated rings. The van der Waals surface area contributed by atoms with E-state index < -0.39 is 22.5 Å². The van der Waals surface area contributed by atoms with Crippen LogP contribution in [0.15, 0.2) is 64.9 Å². The Balaban J connectivity index is 1.86. The molecule has 0 bridgehead atoms. The molecule has 8 nitrogen and oxygen atoms in total. The molecule has 0 aliphatic heterocycles. The molecule has 0 unspecified atom stereocenters. The number of hydrogen-bond acceptors (Lipinski definition) is 6. The predicted molar refractivity (Wildman–Crippen MR) is 141 cm³/mol. The van der Waals surface area contributed by atoms with Crippen molar-refractivity contribution in [2.24, 2.45) is 0 Å². The number of nitrogens with one attached hydrogen (secondary N) is 1. The summed E-state index contributed by atoms with van der Waals surface area (Å²) in [5.41, 5.74) is 2.22. The van der Waals surface area contributed by atoms with Crippen molar-refractivity contribution < 1.29 is 27.1 Å². The molecule has 0 atom stereocenters. The van der Waals surface area contributed by atoms with Gasteiger partial charge in [0.1, 0.15) is 5.82 Å². The number of rotatable bonds is 12. The third kappa shape index (κ3) is 7.93. The van der Waals surface area contributed by atoms with E-state index >= 15 is 0 Å². The highest BCUT2D eigenvalue weighted by Gasteiger charge is 2.29. The monoisotopic (exact) mass is 547 g/mol. The highest BCUT2D eigenvalue weighted by Crippen LogP contribution is 2.22. The van der Waals surface area contributed by atoms with Gasteiger partial charge in [-0.2, -0.15) is 4.31 Å². The first kappa shape index (κ1) is 28.5. The zero-order chi connectivity index (χ0) is 27.0. The highest BCUT2D eigenvalue weighted by molar-refractivity contribution is 7.89. The minimum atomic E-state index is -4.05. The molecule has 0 aliphatic rings. The Hall–Kier alpha value is -3.12. The van der Waals surface area contributed by atoms with Gasteiger partial charge in [0, 0.05) is 37.7 Å². The molecule has 0 saturated heterocycles. The maximum Gasteiger partial charge on any atom is 0.243 e. The molecule has 1 N–H and O–H groups in total. The molecule has 11 heteroatoms. The van der Waals surface area contributed by atoms with Crippen molar-refractivity contribution in [2.45, 2.75) is 31.8 Å². The standard InChI is InChI=1S/C26H30FN3O5S2/c1-19-12-15-36-25(19)17-29(16-21-4-6-22(27)7-5-21)26(32)18-30(13-14-35-3)37(33,34)24-10-8-23(9-11-24)28-20(2)31/h4-12,15H,13-14,16-18H2,1-3H3,(H,28,31). The number of carbonyl (C=O) groups excluding carboxylic acids is 2. The molecule has 37 heavy (non-hydrogen) atoms. The van der Waals surface area contributed by atoms with Gasteiger partial charge < -0.3 is 15.0 Å². The number of benzene rings is 2. The topological polar surface area (TPSA) is 96.0 Å². The smallest absolute Gasteiger partial charge is 0.243 e. The molecule has 0 saturated carbocycles. The van der Waals surface area contributed by atoms with Gasteiger partial charge in [-0.05, 0) is 65.9 Å². The van der Waals surface area contributed by atoms with Crippen molar-refractivity contribution >= 4 is 38.9 Å². The number of hydrogen-bond donors (Lipinski definition) is 1. The average molecular weight is 548 g/mol. The summed E-state index contributed by atoms with van der Waals surface area (Å²) in [5.74, 6) is -1.05. The summed E-state index contributed by atoms with van der Waals surface area (Å²) < 4.78 is 46.6. The summed E-state index contributed by atoms with van der Waals surface area (Å²) in [7, 11) is -2.60. The predicted octanol–water partition coefficient (Wildman–Crippen LogP) is 4.02. The van der Waals surface area contributed by atoms with Gasteiger partial charge >= 0.3 is 0 Å². The molecule has 1 heterocycles. The molecule has 2 amide bonds. The van der Waals surface area contributed by atoms with Crippen LogP contribution in [0.25, 0.3) is 0 Å². The second-order valence-corrected chi connectivity index (χ2v) is 11.4. The number of methoxy groups -OCH3 is 1. The summed E-state index contributed by atoms with van der Waals surface area (Å²) in [5, 5.41) is 4.53. The number of ether oxygens (including phenoxy) is 1. The van der Waals surface area contributed by atoms with E-state index in [2.05, 4.69) is 5.32 Å². The van der Waals surface area contributed by atoms with Crippen molar-refractivity contribution in [3.63, 3.8) is 0 Å². The molecule has 0 spiro atoms. The van der Waals surface area contributed by atoms with Crippen molar-refractivity contribution in [2.75, 3.05) is 32.1 Å². The minimum absolute atomic E-state index is 0.00955. The lowest BCUT2D eigenvalue weighted by Crippen LogP contribution is -2.43. The molecule has 3 aromatic rings. The van der Waals surface area contributed by atoms with Gasteiger partial charge in [0.2, 0.25) is 21.8 Å². The van der Waals surface area contributed by atoms with Gasteiger partial charge in [0.15, 0.2) is 0 Å². The van der Waals surface area contributed by atoms with E-state index in [0.717, 1.165) is 20.3 Å². The number of amides is 2. The average Bonchev–Trinajstić information content (AvgIpc) is 3.26. The van der Waals surface area contributed by atoms with E-state index in [1.807, 2.05) is 18.4 Å². The third-order valence-corrected chi connectivity index (χ3v) is 8.48. The van der Waals surface area contributed by atoms with Crippen LogP contribution in [0.4, 0.5) is 10.1 Å². The van der Waals surface area contributed by atoms with Gasteiger partial charge in [-0.15, -0.1) is 11.3 Å². The minimum Gasteiger partial charge on any atom is -0.383 e. The van der Waals surface area contributed by atoms with E-state index in [1.54, 1.807) is 17.0 Å². The summed E-state index contributed by atoms with van der Waals surface area (Å²) in [6.45, 7) is 3.47. The second-order valence-electron chi connectivity index (χ2n) is 8.44. The van der Waals surface area contributed by atoms with E-state index in [9.17, 15) is 22.4 Å². The van der Waals surface area contributed by atoms with E-state index in [-0.39, 0.29) is 36.3 Å². The molecule has 3 rings (SSSR count). The number of sulfonamides is 1. The molecule has 2 aromatic carbocycles. The SMILES string of the molecule is COCCN(CC(=O)N(Cc1ccc(F)cc1)Cc1sccc1C)S(=O)(=O)c1ccc(NC(C)=O)cc1. The lowest BCUT2D eigenvalue weighted by Gasteiger charge is -2.27. The zero-order valence-corrected chi connectivity index (χ0v) is 22.6. The highest BCUT2D eigenvalue weighted by atomic mass is 32.2. The van der Waals surface area contributed by atoms with Crippen LogP contribution < -0.4 is 5.32 Å².